The van der Waals surface area contributed by atoms with Crippen molar-refractivity contribution in [2.75, 3.05) is 39.4 Å². The van der Waals surface area contributed by atoms with E-state index >= 15 is 0 Å². The molecule has 10 nitrogen and oxygen atoms in total. The van der Waals surface area contributed by atoms with Crippen LogP contribution in [-0.4, -0.2) is 60.9 Å². The summed E-state index contributed by atoms with van der Waals surface area (Å²) in [6, 6.07) is 12.8. The van der Waals surface area contributed by atoms with E-state index in [0.29, 0.717) is 0 Å². The first-order valence-corrected chi connectivity index (χ1v) is 15.7. The molecular weight excluding hydrogens is 513 g/mol. The molecule has 0 aliphatic heterocycles. The smallest absolute Gasteiger partial charge is 0.297 e. The SMILES string of the molecule is CCOP(=O)(OCC)N(CCNS(=O)(=O)c1ccc(C)cc1)CCNS(=O)(=O)c1ccc(C)cc1. The summed E-state index contributed by atoms with van der Waals surface area (Å²) < 4.78 is 80.8. The molecule has 0 bridgehead atoms. The molecule has 0 fully saturated rings. The molecule has 2 aromatic rings. The lowest BCUT2D eigenvalue weighted by molar-refractivity contribution is 0.168. The van der Waals surface area contributed by atoms with E-state index in [0.717, 1.165) is 11.1 Å². The summed E-state index contributed by atoms with van der Waals surface area (Å²) in [6.45, 7) is 6.96. The third kappa shape index (κ3) is 8.76. The second-order valence-corrected chi connectivity index (χ2v) is 13.2. The number of rotatable bonds is 15. The van der Waals surface area contributed by atoms with Crippen molar-refractivity contribution >= 4 is 27.8 Å². The highest BCUT2D eigenvalue weighted by atomic mass is 32.2. The monoisotopic (exact) mass is 547 g/mol. The van der Waals surface area contributed by atoms with Gasteiger partial charge in [0.05, 0.1) is 23.0 Å². The molecule has 13 heteroatoms. The van der Waals surface area contributed by atoms with E-state index in [2.05, 4.69) is 9.44 Å². The van der Waals surface area contributed by atoms with Crippen molar-refractivity contribution in [3.8, 4) is 0 Å². The van der Waals surface area contributed by atoms with Gasteiger partial charge in [0.2, 0.25) is 20.0 Å². The van der Waals surface area contributed by atoms with Crippen LogP contribution in [0.1, 0.15) is 25.0 Å². The first kappa shape index (κ1) is 29.6. The van der Waals surface area contributed by atoms with Crippen LogP contribution >= 0.6 is 7.75 Å². The third-order valence-electron chi connectivity index (χ3n) is 4.92. The summed E-state index contributed by atoms with van der Waals surface area (Å²) >= 11 is 0. The Morgan fingerprint density at radius 1 is 0.714 bits per heavy atom. The maximum atomic E-state index is 13.4. The number of sulfonamides is 2. The first-order valence-electron chi connectivity index (χ1n) is 11.2. The van der Waals surface area contributed by atoms with Crippen LogP contribution in [0, 0.1) is 13.8 Å². The van der Waals surface area contributed by atoms with Crippen molar-refractivity contribution < 1.29 is 30.4 Å². The van der Waals surface area contributed by atoms with Gasteiger partial charge >= 0.3 is 7.75 Å². The fraction of sp³-hybridized carbons (Fsp3) is 0.455. The van der Waals surface area contributed by atoms with Crippen LogP contribution in [0.3, 0.4) is 0 Å². The van der Waals surface area contributed by atoms with Crippen LogP contribution in [0.15, 0.2) is 58.3 Å². The van der Waals surface area contributed by atoms with Crippen LogP contribution < -0.4 is 9.44 Å². The molecule has 0 saturated carbocycles. The summed E-state index contributed by atoms with van der Waals surface area (Å²) in [5, 5.41) is 0. The fourth-order valence-electron chi connectivity index (χ4n) is 3.10. The molecular formula is C22H34N3O7PS2. The van der Waals surface area contributed by atoms with E-state index < -0.39 is 27.8 Å². The summed E-state index contributed by atoms with van der Waals surface area (Å²) in [4.78, 5) is 0.219. The minimum Gasteiger partial charge on any atom is -0.297 e. The van der Waals surface area contributed by atoms with E-state index in [1.165, 1.54) is 28.9 Å². The minimum atomic E-state index is -3.79. The van der Waals surface area contributed by atoms with E-state index in [1.807, 2.05) is 13.8 Å². The van der Waals surface area contributed by atoms with Crippen LogP contribution in [0.2, 0.25) is 0 Å². The first-order chi connectivity index (χ1) is 16.4. The Hall–Kier alpha value is -1.63. The van der Waals surface area contributed by atoms with Crippen molar-refractivity contribution in [1.29, 1.82) is 0 Å². The van der Waals surface area contributed by atoms with Crippen molar-refractivity contribution in [3.05, 3.63) is 59.7 Å². The van der Waals surface area contributed by atoms with Gasteiger partial charge in [-0.3, -0.25) is 9.05 Å². The van der Waals surface area contributed by atoms with Gasteiger partial charge in [-0.1, -0.05) is 35.4 Å². The molecule has 0 radical (unpaired) electrons. The Bertz CT molecular complexity index is 1110. The van der Waals surface area contributed by atoms with Crippen LogP contribution in [-0.2, 0) is 33.7 Å². The Kier molecular flexibility index (Phi) is 11.1. The summed E-state index contributed by atoms with van der Waals surface area (Å²) in [7, 11) is -11.4. The predicted molar refractivity (Wildman–Crippen MR) is 135 cm³/mol. The Labute approximate surface area is 208 Å². The number of benzene rings is 2. The van der Waals surface area contributed by atoms with Gasteiger partial charge in [0.25, 0.3) is 0 Å². The zero-order valence-electron chi connectivity index (χ0n) is 20.4. The van der Waals surface area contributed by atoms with E-state index in [1.54, 1.807) is 38.1 Å². The molecule has 0 amide bonds. The molecule has 0 aliphatic rings. The zero-order chi connectivity index (χ0) is 26.1. The lowest BCUT2D eigenvalue weighted by Crippen LogP contribution is -2.38. The molecule has 2 aromatic carbocycles. The van der Waals surface area contributed by atoms with E-state index in [4.69, 9.17) is 9.05 Å². The molecule has 0 saturated heterocycles. The van der Waals surface area contributed by atoms with Gasteiger partial charge in [-0.15, -0.1) is 0 Å². The standard InChI is InChI=1S/C22H34N3O7PS2/c1-5-31-33(26,32-6-2)25(17-15-23-34(27,28)21-11-7-19(3)8-12-21)18-16-24-35(29,30)22-13-9-20(4)10-14-22/h7-14,23-24H,5-6,15-18H2,1-4H3. The summed E-state index contributed by atoms with van der Waals surface area (Å²) in [5.41, 5.74) is 1.86. The number of hydrogen-bond acceptors (Lipinski definition) is 7. The van der Waals surface area contributed by atoms with Crippen LogP contribution in [0.5, 0.6) is 0 Å². The van der Waals surface area contributed by atoms with Gasteiger partial charge in [-0.05, 0) is 52.0 Å². The molecule has 0 unspecified atom stereocenters. The van der Waals surface area contributed by atoms with Crippen molar-refractivity contribution in [2.45, 2.75) is 37.5 Å². The lowest BCUT2D eigenvalue weighted by atomic mass is 10.2. The number of aryl methyl sites for hydroxylation is 2. The quantitative estimate of drug-likeness (QED) is 0.325. The van der Waals surface area contributed by atoms with Gasteiger partial charge in [0, 0.05) is 26.2 Å². The fourth-order valence-corrected chi connectivity index (χ4v) is 6.89. The molecule has 0 aliphatic carbocycles. The second kappa shape index (κ2) is 13.1. The van der Waals surface area contributed by atoms with Crippen molar-refractivity contribution in [2.24, 2.45) is 0 Å². The molecule has 2 N–H and O–H groups in total. The highest BCUT2D eigenvalue weighted by molar-refractivity contribution is 7.89. The van der Waals surface area contributed by atoms with E-state index in [-0.39, 0.29) is 49.2 Å². The average molecular weight is 548 g/mol. The zero-order valence-corrected chi connectivity index (χ0v) is 23.0. The van der Waals surface area contributed by atoms with Gasteiger partial charge < -0.3 is 0 Å². The normalized spacial score (nSPS) is 12.8. The molecule has 35 heavy (non-hydrogen) atoms. The van der Waals surface area contributed by atoms with Gasteiger partial charge in [0.15, 0.2) is 0 Å². The van der Waals surface area contributed by atoms with Crippen LogP contribution in [0.4, 0.5) is 0 Å². The largest absolute Gasteiger partial charge is 0.408 e. The predicted octanol–water partition coefficient (Wildman–Crippen LogP) is 3.04. The highest BCUT2D eigenvalue weighted by Crippen LogP contribution is 2.51. The topological polar surface area (TPSA) is 131 Å². The average Bonchev–Trinajstić information content (AvgIpc) is 2.79. The van der Waals surface area contributed by atoms with Gasteiger partial charge in [-0.2, -0.15) is 0 Å². The number of nitrogens with one attached hydrogen (secondary N) is 2. The van der Waals surface area contributed by atoms with Crippen molar-refractivity contribution in [1.82, 2.24) is 14.1 Å². The molecule has 0 aromatic heterocycles. The Morgan fingerprint density at radius 2 is 1.06 bits per heavy atom. The maximum absolute atomic E-state index is 13.4. The Balaban J connectivity index is 2.10. The third-order valence-corrected chi connectivity index (χ3v) is 10.1. The second-order valence-electron chi connectivity index (χ2n) is 7.68. The lowest BCUT2D eigenvalue weighted by Gasteiger charge is -2.29. The minimum absolute atomic E-state index is 0.0331. The number of nitrogens with zero attached hydrogens (tertiary/aromatic N) is 1. The van der Waals surface area contributed by atoms with Crippen molar-refractivity contribution in [3.63, 3.8) is 0 Å². The Morgan fingerprint density at radius 3 is 1.37 bits per heavy atom. The summed E-state index contributed by atoms with van der Waals surface area (Å²) in [5.74, 6) is 0. The number of hydrogen-bond donors (Lipinski definition) is 2. The molecule has 0 heterocycles. The van der Waals surface area contributed by atoms with E-state index in [9.17, 15) is 21.4 Å². The van der Waals surface area contributed by atoms with Gasteiger partial charge in [0.1, 0.15) is 0 Å². The highest BCUT2D eigenvalue weighted by Gasteiger charge is 2.33. The molecule has 0 atom stereocenters. The molecule has 2 rings (SSSR count). The molecule has 0 spiro atoms. The summed E-state index contributed by atoms with van der Waals surface area (Å²) in [6.07, 6.45) is 0. The maximum Gasteiger partial charge on any atom is 0.408 e. The molecule has 196 valence electrons. The van der Waals surface area contributed by atoms with Gasteiger partial charge in [-0.25, -0.2) is 35.5 Å². The van der Waals surface area contributed by atoms with Crippen LogP contribution in [0.25, 0.3) is 0 Å².